The third-order valence-electron chi connectivity index (χ3n) is 5.24. The monoisotopic (exact) mass is 296 g/mol. The quantitative estimate of drug-likeness (QED) is 0.306. The molecule has 21 heavy (non-hydrogen) atoms. The van der Waals surface area contributed by atoms with Crippen molar-refractivity contribution >= 4 is 0 Å². The molecule has 0 heteroatoms. The van der Waals surface area contributed by atoms with E-state index in [1.54, 1.807) is 0 Å². The molecule has 0 saturated heterocycles. The Morgan fingerprint density at radius 2 is 1.14 bits per heavy atom. The molecular weight excluding hydrogens is 252 g/mol. The summed E-state index contributed by atoms with van der Waals surface area (Å²) in [5.74, 6) is 3.75. The summed E-state index contributed by atoms with van der Waals surface area (Å²) in [7, 11) is 0. The predicted octanol–water partition coefficient (Wildman–Crippen LogP) is 7.86. The molecule has 0 rings (SSSR count). The lowest BCUT2D eigenvalue weighted by atomic mass is 9.88. The van der Waals surface area contributed by atoms with Gasteiger partial charge < -0.3 is 0 Å². The molecule has 0 aromatic carbocycles. The van der Waals surface area contributed by atoms with Gasteiger partial charge in [-0.1, -0.05) is 112 Å². The second kappa shape index (κ2) is 13.6. The fourth-order valence-corrected chi connectivity index (χ4v) is 3.29. The molecule has 0 aliphatic heterocycles. The Balaban J connectivity index is 3.64. The minimum atomic E-state index is 0.877. The van der Waals surface area contributed by atoms with Crippen molar-refractivity contribution in [1.82, 2.24) is 0 Å². The summed E-state index contributed by atoms with van der Waals surface area (Å²) in [4.78, 5) is 0. The highest BCUT2D eigenvalue weighted by Crippen LogP contribution is 2.25. The number of hydrogen-bond donors (Lipinski definition) is 0. The van der Waals surface area contributed by atoms with Crippen LogP contribution in [0.1, 0.15) is 112 Å². The van der Waals surface area contributed by atoms with Crippen molar-refractivity contribution in [3.05, 3.63) is 0 Å². The first-order valence-corrected chi connectivity index (χ1v) is 9.99. The zero-order valence-electron chi connectivity index (χ0n) is 16.1. The van der Waals surface area contributed by atoms with Crippen LogP contribution in [0.3, 0.4) is 0 Å². The first kappa shape index (κ1) is 21.0. The molecule has 0 nitrogen and oxygen atoms in total. The van der Waals surface area contributed by atoms with Crippen LogP contribution >= 0.6 is 0 Å². The maximum Gasteiger partial charge on any atom is -0.0417 e. The zero-order valence-corrected chi connectivity index (χ0v) is 16.1. The largest absolute Gasteiger partial charge is 0.0654 e. The van der Waals surface area contributed by atoms with Gasteiger partial charge in [0.2, 0.25) is 0 Å². The van der Waals surface area contributed by atoms with Crippen LogP contribution in [0.15, 0.2) is 0 Å². The van der Waals surface area contributed by atoms with Gasteiger partial charge in [0.05, 0.1) is 0 Å². The minimum Gasteiger partial charge on any atom is -0.0654 e. The molecule has 3 unspecified atom stereocenters. The van der Waals surface area contributed by atoms with Crippen LogP contribution in [0, 0.1) is 23.7 Å². The van der Waals surface area contributed by atoms with Crippen molar-refractivity contribution in [2.45, 2.75) is 112 Å². The number of rotatable bonds is 14. The van der Waals surface area contributed by atoms with Crippen LogP contribution in [0.5, 0.6) is 0 Å². The average molecular weight is 297 g/mol. The molecule has 0 aliphatic rings. The normalized spacial score (nSPS) is 16.1. The summed E-state index contributed by atoms with van der Waals surface area (Å²) < 4.78 is 0. The molecule has 0 aliphatic carbocycles. The lowest BCUT2D eigenvalue weighted by Crippen LogP contribution is -2.04. The van der Waals surface area contributed by atoms with Crippen molar-refractivity contribution in [3.8, 4) is 0 Å². The Bertz CT molecular complexity index is 206. The SMILES string of the molecule is CCCCC(C)CCC(C)CCCC(CC)CCC(C)C. The van der Waals surface area contributed by atoms with Gasteiger partial charge in [-0.15, -0.1) is 0 Å². The molecule has 0 amide bonds. The fourth-order valence-electron chi connectivity index (χ4n) is 3.29. The summed E-state index contributed by atoms with van der Waals surface area (Å²) in [6.07, 6.45) is 15.8. The zero-order chi connectivity index (χ0) is 16.1. The van der Waals surface area contributed by atoms with E-state index >= 15 is 0 Å². The Hall–Kier alpha value is 0. The molecule has 0 bridgehead atoms. The molecule has 0 heterocycles. The van der Waals surface area contributed by atoms with Crippen LogP contribution in [0.4, 0.5) is 0 Å². The van der Waals surface area contributed by atoms with E-state index in [0.29, 0.717) is 0 Å². The second-order valence-electron chi connectivity index (χ2n) is 8.11. The summed E-state index contributed by atoms with van der Waals surface area (Å²) in [5.41, 5.74) is 0. The average Bonchev–Trinajstić information content (AvgIpc) is 2.46. The molecule has 0 aromatic rings. The fraction of sp³-hybridized carbons (Fsp3) is 1.00. The van der Waals surface area contributed by atoms with Crippen molar-refractivity contribution in [2.24, 2.45) is 23.7 Å². The highest BCUT2D eigenvalue weighted by Gasteiger charge is 2.10. The summed E-state index contributed by atoms with van der Waals surface area (Å²) in [6.45, 7) is 14.3. The standard InChI is InChI=1S/C21H44/c1-7-9-11-19(5)15-16-20(6)12-10-13-21(8-2)17-14-18(3)4/h18-21H,7-17H2,1-6H3. The third-order valence-corrected chi connectivity index (χ3v) is 5.24. The summed E-state index contributed by atoms with van der Waals surface area (Å²) in [6, 6.07) is 0. The van der Waals surface area contributed by atoms with E-state index in [-0.39, 0.29) is 0 Å². The van der Waals surface area contributed by atoms with Gasteiger partial charge in [-0.3, -0.25) is 0 Å². The smallest absolute Gasteiger partial charge is 0.0417 e. The van der Waals surface area contributed by atoms with Crippen molar-refractivity contribution < 1.29 is 0 Å². The van der Waals surface area contributed by atoms with Gasteiger partial charge in [0.15, 0.2) is 0 Å². The van der Waals surface area contributed by atoms with Crippen LogP contribution < -0.4 is 0 Å². The maximum atomic E-state index is 2.47. The van der Waals surface area contributed by atoms with Crippen LogP contribution in [-0.4, -0.2) is 0 Å². The lowest BCUT2D eigenvalue weighted by Gasteiger charge is -2.18. The highest BCUT2D eigenvalue weighted by molar-refractivity contribution is 4.63. The lowest BCUT2D eigenvalue weighted by molar-refractivity contribution is 0.344. The van der Waals surface area contributed by atoms with Crippen LogP contribution in [0.2, 0.25) is 0 Å². The van der Waals surface area contributed by atoms with E-state index in [4.69, 9.17) is 0 Å². The third kappa shape index (κ3) is 13.4. The molecule has 0 fully saturated rings. The van der Waals surface area contributed by atoms with E-state index in [2.05, 4.69) is 41.5 Å². The molecule has 0 aromatic heterocycles. The molecule has 3 atom stereocenters. The topological polar surface area (TPSA) is 0 Å². The second-order valence-corrected chi connectivity index (χ2v) is 8.11. The van der Waals surface area contributed by atoms with Gasteiger partial charge in [0, 0.05) is 0 Å². The van der Waals surface area contributed by atoms with Crippen LogP contribution in [0.25, 0.3) is 0 Å². The van der Waals surface area contributed by atoms with Crippen molar-refractivity contribution in [1.29, 1.82) is 0 Å². The van der Waals surface area contributed by atoms with E-state index in [1.165, 1.54) is 70.6 Å². The minimum absolute atomic E-state index is 0.877. The molecule has 0 radical (unpaired) electrons. The summed E-state index contributed by atoms with van der Waals surface area (Å²) in [5, 5.41) is 0. The first-order valence-electron chi connectivity index (χ1n) is 9.99. The van der Waals surface area contributed by atoms with Gasteiger partial charge in [-0.05, 0) is 23.7 Å². The highest BCUT2D eigenvalue weighted by atomic mass is 14.2. The Labute approximate surface area is 136 Å². The van der Waals surface area contributed by atoms with Crippen molar-refractivity contribution in [3.63, 3.8) is 0 Å². The maximum absolute atomic E-state index is 2.47. The molecule has 0 saturated carbocycles. The Morgan fingerprint density at radius 1 is 0.571 bits per heavy atom. The van der Waals surface area contributed by atoms with Gasteiger partial charge in [0.1, 0.15) is 0 Å². The first-order chi connectivity index (χ1) is 9.99. The van der Waals surface area contributed by atoms with E-state index in [1.807, 2.05) is 0 Å². The van der Waals surface area contributed by atoms with Gasteiger partial charge in [0.25, 0.3) is 0 Å². The van der Waals surface area contributed by atoms with E-state index < -0.39 is 0 Å². The van der Waals surface area contributed by atoms with Gasteiger partial charge in [-0.2, -0.15) is 0 Å². The summed E-state index contributed by atoms with van der Waals surface area (Å²) >= 11 is 0. The van der Waals surface area contributed by atoms with E-state index in [0.717, 1.165) is 23.7 Å². The van der Waals surface area contributed by atoms with Crippen molar-refractivity contribution in [2.75, 3.05) is 0 Å². The van der Waals surface area contributed by atoms with Gasteiger partial charge in [-0.25, -0.2) is 0 Å². The van der Waals surface area contributed by atoms with Crippen LogP contribution in [-0.2, 0) is 0 Å². The molecular formula is C21H44. The molecule has 0 N–H and O–H groups in total. The molecule has 128 valence electrons. The van der Waals surface area contributed by atoms with E-state index in [9.17, 15) is 0 Å². The Kier molecular flexibility index (Phi) is 13.6. The van der Waals surface area contributed by atoms with Gasteiger partial charge >= 0.3 is 0 Å². The molecule has 0 spiro atoms. The predicted molar refractivity (Wildman–Crippen MR) is 98.8 cm³/mol. The number of hydrogen-bond acceptors (Lipinski definition) is 0. The number of unbranched alkanes of at least 4 members (excludes halogenated alkanes) is 1. The Morgan fingerprint density at radius 3 is 1.62 bits per heavy atom.